The molecule has 2 bridgehead atoms. The Hall–Kier alpha value is -0.480. The Morgan fingerprint density at radius 3 is 2.94 bits per heavy atom. The third-order valence-corrected chi connectivity index (χ3v) is 5.68. The molecule has 0 unspecified atom stereocenters. The van der Waals surface area contributed by atoms with Crippen molar-refractivity contribution in [2.75, 3.05) is 12.3 Å². The molecular weight excluding hydrogens is 298 g/mol. The predicted molar refractivity (Wildman–Crippen MR) is 74.2 cm³/mol. The molecule has 0 spiro atoms. The number of halogens is 1. The minimum absolute atomic E-state index is 0.282. The van der Waals surface area contributed by atoms with Crippen LogP contribution in [0.2, 0.25) is 0 Å². The van der Waals surface area contributed by atoms with Crippen LogP contribution in [-0.4, -0.2) is 34.4 Å². The molecule has 2 nitrogen and oxygen atoms in total. The predicted octanol–water partition coefficient (Wildman–Crippen LogP) is 2.71. The first kappa shape index (κ1) is 11.6. The van der Waals surface area contributed by atoms with Gasteiger partial charge >= 0.3 is 0 Å². The standard InChI is InChI=1S/C13H14BrNOS/c14-12-4-2-1-3-9(12)5-13(16)15-7-11-6-10(15)8-17-11/h1-4,10-11H,5-8H2/t10-,11+/m0/s1. The fourth-order valence-corrected chi connectivity index (χ4v) is 4.47. The maximum Gasteiger partial charge on any atom is 0.227 e. The highest BCUT2D eigenvalue weighted by Crippen LogP contribution is 2.37. The van der Waals surface area contributed by atoms with E-state index in [4.69, 9.17) is 0 Å². The van der Waals surface area contributed by atoms with Gasteiger partial charge in [0.1, 0.15) is 0 Å². The highest BCUT2D eigenvalue weighted by Gasteiger charge is 2.40. The summed E-state index contributed by atoms with van der Waals surface area (Å²) in [6.45, 7) is 0.957. The molecule has 90 valence electrons. The van der Waals surface area contributed by atoms with Gasteiger partial charge in [0.05, 0.1) is 6.42 Å². The molecule has 2 aliphatic rings. The summed E-state index contributed by atoms with van der Waals surface area (Å²) in [5.41, 5.74) is 1.09. The molecular formula is C13H14BrNOS. The lowest BCUT2D eigenvalue weighted by Gasteiger charge is -2.26. The fourth-order valence-electron chi connectivity index (χ4n) is 2.61. The van der Waals surface area contributed by atoms with Gasteiger partial charge in [-0.3, -0.25) is 4.79 Å². The van der Waals surface area contributed by atoms with Crippen LogP contribution in [0.25, 0.3) is 0 Å². The molecule has 0 aliphatic carbocycles. The van der Waals surface area contributed by atoms with E-state index < -0.39 is 0 Å². The second-order valence-electron chi connectivity index (χ2n) is 4.66. The van der Waals surface area contributed by atoms with Gasteiger partial charge in [-0.15, -0.1) is 0 Å². The van der Waals surface area contributed by atoms with Gasteiger partial charge in [0.25, 0.3) is 0 Å². The number of likely N-dealkylation sites (tertiary alicyclic amines) is 1. The first-order valence-electron chi connectivity index (χ1n) is 5.88. The van der Waals surface area contributed by atoms with E-state index >= 15 is 0 Å². The molecule has 1 aromatic carbocycles. The number of fused-ring (bicyclic) bond motifs is 2. The summed E-state index contributed by atoms with van der Waals surface area (Å²) in [5.74, 6) is 1.41. The van der Waals surface area contributed by atoms with Crippen molar-refractivity contribution in [3.63, 3.8) is 0 Å². The van der Waals surface area contributed by atoms with Crippen LogP contribution in [0.15, 0.2) is 28.7 Å². The summed E-state index contributed by atoms with van der Waals surface area (Å²) in [6.07, 6.45) is 1.72. The number of thioether (sulfide) groups is 1. The van der Waals surface area contributed by atoms with E-state index in [1.54, 1.807) is 0 Å². The maximum atomic E-state index is 12.3. The summed E-state index contributed by atoms with van der Waals surface area (Å²) in [6, 6.07) is 8.48. The average molecular weight is 312 g/mol. The number of hydrogen-bond acceptors (Lipinski definition) is 2. The lowest BCUT2D eigenvalue weighted by Crippen LogP contribution is -2.40. The minimum atomic E-state index is 0.282. The lowest BCUT2D eigenvalue weighted by atomic mass is 10.1. The molecule has 2 saturated heterocycles. The summed E-state index contributed by atoms with van der Waals surface area (Å²) in [5, 5.41) is 0.697. The SMILES string of the molecule is O=C(Cc1ccccc1Br)N1C[C@H]2C[C@H]1CS2. The van der Waals surface area contributed by atoms with Gasteiger partial charge in [0.15, 0.2) is 0 Å². The van der Waals surface area contributed by atoms with E-state index in [-0.39, 0.29) is 5.91 Å². The Labute approximate surface area is 114 Å². The Morgan fingerprint density at radius 1 is 1.47 bits per heavy atom. The first-order valence-corrected chi connectivity index (χ1v) is 7.72. The van der Waals surface area contributed by atoms with E-state index in [2.05, 4.69) is 20.8 Å². The van der Waals surface area contributed by atoms with Crippen LogP contribution in [0, 0.1) is 0 Å². The summed E-state index contributed by atoms with van der Waals surface area (Å²) in [4.78, 5) is 14.3. The second-order valence-corrected chi connectivity index (χ2v) is 6.85. The van der Waals surface area contributed by atoms with Gasteiger partial charge in [0.2, 0.25) is 5.91 Å². The van der Waals surface area contributed by atoms with E-state index in [0.29, 0.717) is 17.7 Å². The van der Waals surface area contributed by atoms with Crippen LogP contribution in [0.5, 0.6) is 0 Å². The fraction of sp³-hybridized carbons (Fsp3) is 0.462. The third kappa shape index (κ3) is 2.25. The largest absolute Gasteiger partial charge is 0.337 e. The maximum absolute atomic E-state index is 12.3. The molecule has 0 saturated carbocycles. The number of nitrogens with zero attached hydrogens (tertiary/aromatic N) is 1. The van der Waals surface area contributed by atoms with Crippen LogP contribution in [0.4, 0.5) is 0 Å². The molecule has 2 aliphatic heterocycles. The van der Waals surface area contributed by atoms with Crippen molar-refractivity contribution in [2.45, 2.75) is 24.1 Å². The van der Waals surface area contributed by atoms with Crippen LogP contribution in [0.3, 0.4) is 0 Å². The molecule has 17 heavy (non-hydrogen) atoms. The molecule has 0 N–H and O–H groups in total. The van der Waals surface area contributed by atoms with Crippen LogP contribution in [0.1, 0.15) is 12.0 Å². The number of carbonyl (C=O) groups is 1. The molecule has 1 aromatic rings. The van der Waals surface area contributed by atoms with E-state index in [0.717, 1.165) is 22.3 Å². The summed E-state index contributed by atoms with van der Waals surface area (Å²) in [7, 11) is 0. The van der Waals surface area contributed by atoms with Crippen molar-refractivity contribution >= 4 is 33.6 Å². The normalized spacial score (nSPS) is 26.5. The zero-order chi connectivity index (χ0) is 11.8. The molecule has 4 heteroatoms. The molecule has 0 aromatic heterocycles. The van der Waals surface area contributed by atoms with Crippen molar-refractivity contribution in [3.8, 4) is 0 Å². The van der Waals surface area contributed by atoms with Crippen LogP contribution in [-0.2, 0) is 11.2 Å². The van der Waals surface area contributed by atoms with E-state index in [9.17, 15) is 4.79 Å². The van der Waals surface area contributed by atoms with Crippen molar-refractivity contribution in [2.24, 2.45) is 0 Å². The molecule has 2 heterocycles. The molecule has 1 amide bonds. The zero-order valence-electron chi connectivity index (χ0n) is 9.43. The van der Waals surface area contributed by atoms with Crippen molar-refractivity contribution < 1.29 is 4.79 Å². The highest BCUT2D eigenvalue weighted by molar-refractivity contribution is 9.10. The van der Waals surface area contributed by atoms with Gasteiger partial charge in [0, 0.05) is 28.1 Å². The van der Waals surface area contributed by atoms with Gasteiger partial charge < -0.3 is 4.90 Å². The van der Waals surface area contributed by atoms with Crippen molar-refractivity contribution in [3.05, 3.63) is 34.3 Å². The first-order chi connectivity index (χ1) is 8.24. The third-order valence-electron chi connectivity index (χ3n) is 3.52. The van der Waals surface area contributed by atoms with Crippen LogP contribution < -0.4 is 0 Å². The monoisotopic (exact) mass is 311 g/mol. The molecule has 2 fully saturated rings. The number of hydrogen-bond donors (Lipinski definition) is 0. The molecule has 2 atom stereocenters. The molecule has 0 radical (unpaired) electrons. The van der Waals surface area contributed by atoms with E-state index in [1.165, 1.54) is 6.42 Å². The minimum Gasteiger partial charge on any atom is -0.337 e. The van der Waals surface area contributed by atoms with Gasteiger partial charge in [-0.25, -0.2) is 0 Å². The summed E-state index contributed by atoms with van der Waals surface area (Å²) >= 11 is 5.52. The quantitative estimate of drug-likeness (QED) is 0.837. The van der Waals surface area contributed by atoms with E-state index in [1.807, 2.05) is 36.0 Å². The molecule has 3 rings (SSSR count). The zero-order valence-corrected chi connectivity index (χ0v) is 11.8. The highest BCUT2D eigenvalue weighted by atomic mass is 79.9. The van der Waals surface area contributed by atoms with Crippen molar-refractivity contribution in [1.29, 1.82) is 0 Å². The smallest absolute Gasteiger partial charge is 0.227 e. The van der Waals surface area contributed by atoms with Crippen LogP contribution >= 0.6 is 27.7 Å². The Balaban J connectivity index is 1.70. The van der Waals surface area contributed by atoms with Gasteiger partial charge in [-0.2, -0.15) is 11.8 Å². The Morgan fingerprint density at radius 2 is 2.29 bits per heavy atom. The second kappa shape index (κ2) is 4.65. The summed E-state index contributed by atoms with van der Waals surface area (Å²) < 4.78 is 1.03. The number of amides is 1. The number of rotatable bonds is 2. The number of carbonyl (C=O) groups excluding carboxylic acids is 1. The lowest BCUT2D eigenvalue weighted by molar-refractivity contribution is -0.130. The average Bonchev–Trinajstić information content (AvgIpc) is 2.94. The Bertz CT molecular complexity index is 451. The van der Waals surface area contributed by atoms with Gasteiger partial charge in [-0.1, -0.05) is 34.1 Å². The topological polar surface area (TPSA) is 20.3 Å². The van der Waals surface area contributed by atoms with Crippen molar-refractivity contribution in [1.82, 2.24) is 4.90 Å². The Kier molecular flexibility index (Phi) is 3.17. The number of benzene rings is 1. The van der Waals surface area contributed by atoms with Gasteiger partial charge in [-0.05, 0) is 18.1 Å².